The highest BCUT2D eigenvalue weighted by atomic mass is 16.4. The van der Waals surface area contributed by atoms with Crippen LogP contribution in [0.15, 0.2) is 18.5 Å². The Bertz CT molecular complexity index is 520. The molecule has 0 saturated carbocycles. The van der Waals surface area contributed by atoms with Gasteiger partial charge in [-0.15, -0.1) is 0 Å². The van der Waals surface area contributed by atoms with Crippen molar-refractivity contribution in [3.63, 3.8) is 0 Å². The summed E-state index contributed by atoms with van der Waals surface area (Å²) in [5.41, 5.74) is 7.28. The first-order chi connectivity index (χ1) is 7.08. The summed E-state index contributed by atoms with van der Waals surface area (Å²) in [6.07, 6.45) is 3.45. The molecule has 0 aliphatic carbocycles. The van der Waals surface area contributed by atoms with E-state index in [9.17, 15) is 4.79 Å². The highest BCUT2D eigenvalue weighted by molar-refractivity contribution is 5.75. The lowest BCUT2D eigenvalue weighted by Gasteiger charge is -1.99. The van der Waals surface area contributed by atoms with E-state index in [2.05, 4.69) is 10.1 Å². The molecule has 2 aromatic heterocycles. The van der Waals surface area contributed by atoms with Gasteiger partial charge >= 0.3 is 5.97 Å². The molecule has 0 fully saturated rings. The van der Waals surface area contributed by atoms with Crippen LogP contribution in [-0.4, -0.2) is 25.7 Å². The molecule has 6 heteroatoms. The number of hydrogen-bond acceptors (Lipinski definition) is 4. The first-order valence-corrected chi connectivity index (χ1v) is 4.38. The number of carboxylic acid groups (broad SMARTS) is 1. The van der Waals surface area contributed by atoms with E-state index in [1.807, 2.05) is 6.92 Å². The molecule has 0 spiro atoms. The van der Waals surface area contributed by atoms with Crippen molar-refractivity contribution in [3.05, 3.63) is 29.7 Å². The standard InChI is InChI=1S/C9H10N4O2/c1-5-3-11-7-2-6(8(10)9(14)15)12-13(7)4-5/h2-4,8H,10H2,1H3,(H,14,15). The topological polar surface area (TPSA) is 93.5 Å². The molecule has 6 nitrogen and oxygen atoms in total. The lowest BCUT2D eigenvalue weighted by molar-refractivity contribution is -0.138. The van der Waals surface area contributed by atoms with E-state index in [1.165, 1.54) is 4.52 Å². The van der Waals surface area contributed by atoms with Gasteiger partial charge in [0, 0.05) is 18.5 Å². The Balaban J connectivity index is 2.51. The molecule has 3 N–H and O–H groups in total. The van der Waals surface area contributed by atoms with Crippen LogP contribution in [0.2, 0.25) is 0 Å². The van der Waals surface area contributed by atoms with Crippen molar-refractivity contribution in [1.29, 1.82) is 0 Å². The number of aromatic nitrogens is 3. The number of carbonyl (C=O) groups is 1. The van der Waals surface area contributed by atoms with Crippen molar-refractivity contribution in [2.24, 2.45) is 5.73 Å². The van der Waals surface area contributed by atoms with E-state index < -0.39 is 12.0 Å². The average Bonchev–Trinajstić information content (AvgIpc) is 2.58. The van der Waals surface area contributed by atoms with Crippen LogP contribution in [0.3, 0.4) is 0 Å². The smallest absolute Gasteiger partial charge is 0.326 e. The molecular formula is C9H10N4O2. The predicted octanol–water partition coefficient (Wildman–Crippen LogP) is 0.122. The van der Waals surface area contributed by atoms with E-state index in [4.69, 9.17) is 10.8 Å². The number of fused-ring (bicyclic) bond motifs is 1. The van der Waals surface area contributed by atoms with Crippen LogP contribution in [0.5, 0.6) is 0 Å². The van der Waals surface area contributed by atoms with Gasteiger partial charge in [0.25, 0.3) is 0 Å². The van der Waals surface area contributed by atoms with Crippen molar-refractivity contribution in [2.75, 3.05) is 0 Å². The third-order valence-corrected chi connectivity index (χ3v) is 2.05. The Kier molecular flexibility index (Phi) is 2.12. The van der Waals surface area contributed by atoms with Gasteiger partial charge in [0.1, 0.15) is 6.04 Å². The summed E-state index contributed by atoms with van der Waals surface area (Å²) in [6.45, 7) is 1.88. The van der Waals surface area contributed by atoms with Crippen LogP contribution in [-0.2, 0) is 4.79 Å². The van der Waals surface area contributed by atoms with Crippen LogP contribution < -0.4 is 5.73 Å². The average molecular weight is 206 g/mol. The van der Waals surface area contributed by atoms with E-state index in [-0.39, 0.29) is 0 Å². The second-order valence-corrected chi connectivity index (χ2v) is 3.32. The van der Waals surface area contributed by atoms with Crippen LogP contribution in [0.25, 0.3) is 5.65 Å². The molecule has 15 heavy (non-hydrogen) atoms. The van der Waals surface area contributed by atoms with Crippen molar-refractivity contribution in [2.45, 2.75) is 13.0 Å². The lowest BCUT2D eigenvalue weighted by atomic mass is 10.2. The number of hydrogen-bond donors (Lipinski definition) is 2. The van der Waals surface area contributed by atoms with E-state index in [0.29, 0.717) is 11.3 Å². The number of nitrogens with zero attached hydrogens (tertiary/aromatic N) is 3. The largest absolute Gasteiger partial charge is 0.480 e. The van der Waals surface area contributed by atoms with Gasteiger partial charge in [-0.1, -0.05) is 0 Å². The molecule has 0 saturated heterocycles. The van der Waals surface area contributed by atoms with Gasteiger partial charge in [-0.25, -0.2) is 9.50 Å². The minimum absolute atomic E-state index is 0.306. The first kappa shape index (κ1) is 9.60. The highest BCUT2D eigenvalue weighted by Gasteiger charge is 2.17. The van der Waals surface area contributed by atoms with Crippen molar-refractivity contribution >= 4 is 11.6 Å². The molecule has 0 aliphatic heterocycles. The minimum Gasteiger partial charge on any atom is -0.480 e. The SMILES string of the molecule is Cc1cnc2cc(C(N)C(=O)O)nn2c1. The molecule has 1 atom stereocenters. The molecule has 0 amide bonds. The summed E-state index contributed by atoms with van der Waals surface area (Å²) in [7, 11) is 0. The second kappa shape index (κ2) is 3.32. The van der Waals surface area contributed by atoms with Crippen LogP contribution >= 0.6 is 0 Å². The number of carboxylic acids is 1. The van der Waals surface area contributed by atoms with Gasteiger partial charge in [-0.2, -0.15) is 5.10 Å². The normalized spacial score (nSPS) is 12.9. The molecule has 2 aromatic rings. The van der Waals surface area contributed by atoms with Gasteiger partial charge in [0.05, 0.1) is 5.69 Å². The molecule has 0 aromatic carbocycles. The predicted molar refractivity (Wildman–Crippen MR) is 52.3 cm³/mol. The van der Waals surface area contributed by atoms with Gasteiger partial charge in [0.15, 0.2) is 5.65 Å². The minimum atomic E-state index is -1.10. The maximum atomic E-state index is 10.6. The molecule has 0 radical (unpaired) electrons. The second-order valence-electron chi connectivity index (χ2n) is 3.32. The fourth-order valence-corrected chi connectivity index (χ4v) is 1.27. The van der Waals surface area contributed by atoms with Crippen LogP contribution in [0.1, 0.15) is 17.3 Å². The number of nitrogens with two attached hydrogens (primary N) is 1. The molecule has 78 valence electrons. The number of rotatable bonds is 2. The third-order valence-electron chi connectivity index (χ3n) is 2.05. The maximum absolute atomic E-state index is 10.6. The van der Waals surface area contributed by atoms with E-state index >= 15 is 0 Å². The van der Waals surface area contributed by atoms with Gasteiger partial charge in [-0.05, 0) is 12.5 Å². The van der Waals surface area contributed by atoms with Crippen LogP contribution in [0.4, 0.5) is 0 Å². The fraction of sp³-hybridized carbons (Fsp3) is 0.222. The Morgan fingerprint density at radius 3 is 3.07 bits per heavy atom. The van der Waals surface area contributed by atoms with Crippen molar-refractivity contribution in [3.8, 4) is 0 Å². The molecule has 0 bridgehead atoms. The molecule has 0 aliphatic rings. The molecule has 2 heterocycles. The van der Waals surface area contributed by atoms with Crippen molar-refractivity contribution in [1.82, 2.24) is 14.6 Å². The monoisotopic (exact) mass is 206 g/mol. The first-order valence-electron chi connectivity index (χ1n) is 4.38. The Morgan fingerprint density at radius 1 is 1.67 bits per heavy atom. The summed E-state index contributed by atoms with van der Waals surface area (Å²) in [4.78, 5) is 14.7. The summed E-state index contributed by atoms with van der Waals surface area (Å²) >= 11 is 0. The quantitative estimate of drug-likeness (QED) is 0.728. The Morgan fingerprint density at radius 2 is 2.40 bits per heavy atom. The fourth-order valence-electron chi connectivity index (χ4n) is 1.27. The lowest BCUT2D eigenvalue weighted by Crippen LogP contribution is -2.21. The highest BCUT2D eigenvalue weighted by Crippen LogP contribution is 2.11. The number of aryl methyl sites for hydroxylation is 1. The van der Waals surface area contributed by atoms with Crippen molar-refractivity contribution < 1.29 is 9.90 Å². The Labute approximate surface area is 85.3 Å². The molecule has 1 unspecified atom stereocenters. The summed E-state index contributed by atoms with van der Waals surface area (Å²) in [5, 5.41) is 12.8. The van der Waals surface area contributed by atoms with E-state index in [0.717, 1.165) is 5.56 Å². The summed E-state index contributed by atoms with van der Waals surface area (Å²) in [5.74, 6) is -1.10. The maximum Gasteiger partial charge on any atom is 0.326 e. The summed E-state index contributed by atoms with van der Waals surface area (Å²) in [6, 6.07) is 0.463. The summed E-state index contributed by atoms with van der Waals surface area (Å²) < 4.78 is 1.52. The zero-order valence-electron chi connectivity index (χ0n) is 8.08. The zero-order valence-corrected chi connectivity index (χ0v) is 8.08. The molecule has 2 rings (SSSR count). The van der Waals surface area contributed by atoms with E-state index in [1.54, 1.807) is 18.5 Å². The molecular weight excluding hydrogens is 196 g/mol. The number of aliphatic carboxylic acids is 1. The zero-order chi connectivity index (χ0) is 11.0. The Hall–Kier alpha value is -1.95. The van der Waals surface area contributed by atoms with Gasteiger partial charge in [-0.3, -0.25) is 4.79 Å². The van der Waals surface area contributed by atoms with Gasteiger partial charge in [0.2, 0.25) is 0 Å². The van der Waals surface area contributed by atoms with Crippen LogP contribution in [0, 0.1) is 6.92 Å². The third kappa shape index (κ3) is 1.66. The van der Waals surface area contributed by atoms with Gasteiger partial charge < -0.3 is 10.8 Å².